The Labute approximate surface area is 326 Å². The first-order valence-electron chi connectivity index (χ1n) is 18.2. The van der Waals surface area contributed by atoms with Crippen molar-refractivity contribution in [2.24, 2.45) is 0 Å². The van der Waals surface area contributed by atoms with Gasteiger partial charge in [0.15, 0.2) is 0 Å². The Kier molecular flexibility index (Phi) is 22.7. The normalized spacial score (nSPS) is 11.9. The van der Waals surface area contributed by atoms with Crippen LogP contribution in [0.25, 0.3) is 0 Å². The zero-order valence-corrected chi connectivity index (χ0v) is 32.4. The average Bonchev–Trinajstić information content (AvgIpc) is 3.17. The van der Waals surface area contributed by atoms with Gasteiger partial charge in [-0.25, -0.2) is 14.4 Å². The molecule has 0 saturated heterocycles. The van der Waals surface area contributed by atoms with E-state index in [1.54, 1.807) is 45.0 Å². The zero-order chi connectivity index (χ0) is 41.0. The molecular formula is C38H55N5O13. The number of carbonyl (C=O) groups is 6. The van der Waals surface area contributed by atoms with E-state index in [-0.39, 0.29) is 65.8 Å². The number of methoxy groups -OCH3 is 1. The fourth-order valence-corrected chi connectivity index (χ4v) is 4.55. The minimum Gasteiger partial charge on any atom is -0.469 e. The van der Waals surface area contributed by atoms with Gasteiger partial charge in [-0.15, -0.1) is 0 Å². The lowest BCUT2D eigenvalue weighted by Crippen LogP contribution is -2.54. The first kappa shape index (κ1) is 46.7. The smallest absolute Gasteiger partial charge is 0.431 e. The highest BCUT2D eigenvalue weighted by Gasteiger charge is 2.29. The molecule has 56 heavy (non-hydrogen) atoms. The minimum absolute atomic E-state index is 0.0423. The van der Waals surface area contributed by atoms with Crippen LogP contribution in [-0.4, -0.2) is 107 Å². The molecule has 0 saturated carbocycles. The molecule has 2 atom stereocenters. The van der Waals surface area contributed by atoms with Gasteiger partial charge in [0.25, 0.3) is 0 Å². The SMILES string of the molecule is COC(=O)C[C@H](NC(=O)[C@H](CCCCNC(=O)OCc1ccccc1)NC(=O)OCc1ccccc1)C(=O)NCCOCCOCCONC(=O)OC(C)(C)C. The molecule has 0 aliphatic heterocycles. The molecule has 5 amide bonds. The maximum Gasteiger partial charge on any atom is 0.431 e. The number of hydrogen-bond acceptors (Lipinski definition) is 13. The van der Waals surface area contributed by atoms with Crippen LogP contribution in [-0.2, 0) is 60.9 Å². The second kappa shape index (κ2) is 27.2. The minimum atomic E-state index is -1.33. The van der Waals surface area contributed by atoms with E-state index < -0.39 is 60.2 Å². The molecule has 0 bridgehead atoms. The molecule has 0 radical (unpaired) electrons. The molecule has 0 aliphatic rings. The fourth-order valence-electron chi connectivity index (χ4n) is 4.55. The van der Waals surface area contributed by atoms with Crippen molar-refractivity contribution in [3.05, 3.63) is 71.8 Å². The van der Waals surface area contributed by atoms with Gasteiger partial charge in [0, 0.05) is 13.1 Å². The molecule has 310 valence electrons. The summed E-state index contributed by atoms with van der Waals surface area (Å²) >= 11 is 0. The van der Waals surface area contributed by atoms with Gasteiger partial charge in [-0.2, -0.15) is 5.48 Å². The summed E-state index contributed by atoms with van der Waals surface area (Å²) in [5.41, 5.74) is 3.07. The van der Waals surface area contributed by atoms with Crippen LogP contribution in [0.4, 0.5) is 14.4 Å². The highest BCUT2D eigenvalue weighted by molar-refractivity contribution is 5.93. The van der Waals surface area contributed by atoms with Crippen LogP contribution in [0.15, 0.2) is 60.7 Å². The van der Waals surface area contributed by atoms with E-state index in [4.69, 9.17) is 33.3 Å². The van der Waals surface area contributed by atoms with Crippen LogP contribution in [0.3, 0.4) is 0 Å². The Bertz CT molecular complexity index is 1480. The van der Waals surface area contributed by atoms with E-state index in [0.717, 1.165) is 18.2 Å². The summed E-state index contributed by atoms with van der Waals surface area (Å²) in [6, 6.07) is 15.7. The van der Waals surface area contributed by atoms with Crippen LogP contribution in [0.2, 0.25) is 0 Å². The van der Waals surface area contributed by atoms with Crippen molar-refractivity contribution in [2.75, 3.05) is 53.2 Å². The van der Waals surface area contributed by atoms with Crippen LogP contribution in [0, 0.1) is 0 Å². The van der Waals surface area contributed by atoms with Crippen LogP contribution in [0.5, 0.6) is 0 Å². The Morgan fingerprint density at radius 1 is 0.625 bits per heavy atom. The first-order chi connectivity index (χ1) is 26.9. The van der Waals surface area contributed by atoms with Gasteiger partial charge in [0.2, 0.25) is 11.8 Å². The van der Waals surface area contributed by atoms with Crippen molar-refractivity contribution in [1.29, 1.82) is 0 Å². The third-order valence-corrected chi connectivity index (χ3v) is 7.26. The molecule has 2 aromatic rings. The molecule has 18 nitrogen and oxygen atoms in total. The third kappa shape index (κ3) is 22.7. The Hall–Kier alpha value is -5.46. The molecule has 0 spiro atoms. The molecule has 2 rings (SSSR count). The maximum atomic E-state index is 13.5. The fraction of sp³-hybridized carbons (Fsp3) is 0.526. The average molecular weight is 790 g/mol. The number of alkyl carbamates (subject to hydrolysis) is 2. The van der Waals surface area contributed by atoms with Gasteiger partial charge >= 0.3 is 24.2 Å². The maximum absolute atomic E-state index is 13.5. The Morgan fingerprint density at radius 3 is 1.82 bits per heavy atom. The van der Waals surface area contributed by atoms with Crippen LogP contribution < -0.4 is 26.7 Å². The van der Waals surface area contributed by atoms with Gasteiger partial charge in [0.05, 0.1) is 46.6 Å². The number of ether oxygens (including phenoxy) is 6. The van der Waals surface area contributed by atoms with Crippen molar-refractivity contribution >= 4 is 36.1 Å². The summed E-state index contributed by atoms with van der Waals surface area (Å²) in [6.45, 7) is 6.28. The summed E-state index contributed by atoms with van der Waals surface area (Å²) in [5.74, 6) is -2.16. The molecule has 2 aromatic carbocycles. The van der Waals surface area contributed by atoms with Crippen molar-refractivity contribution < 1.29 is 62.0 Å². The van der Waals surface area contributed by atoms with Gasteiger partial charge in [-0.05, 0) is 51.2 Å². The molecule has 0 fully saturated rings. The second-order valence-electron chi connectivity index (χ2n) is 13.1. The number of amides is 5. The first-order valence-corrected chi connectivity index (χ1v) is 18.2. The van der Waals surface area contributed by atoms with E-state index >= 15 is 0 Å². The largest absolute Gasteiger partial charge is 0.469 e. The molecule has 5 N–H and O–H groups in total. The molecule has 0 unspecified atom stereocenters. The number of unbranched alkanes of at least 4 members (excludes halogenated alkanes) is 1. The number of benzene rings is 2. The summed E-state index contributed by atoms with van der Waals surface area (Å²) < 4.78 is 31.1. The third-order valence-electron chi connectivity index (χ3n) is 7.26. The predicted molar refractivity (Wildman–Crippen MR) is 201 cm³/mol. The molecule has 0 aromatic heterocycles. The Balaban J connectivity index is 1.83. The number of hydrogen-bond donors (Lipinski definition) is 5. The summed E-state index contributed by atoms with van der Waals surface area (Å²) in [6.07, 6.45) is -1.74. The lowest BCUT2D eigenvalue weighted by atomic mass is 10.1. The highest BCUT2D eigenvalue weighted by Crippen LogP contribution is 2.08. The van der Waals surface area contributed by atoms with Gasteiger partial charge in [0.1, 0.15) is 30.9 Å². The molecule has 18 heteroatoms. The second-order valence-corrected chi connectivity index (χ2v) is 13.1. The standard InChI is InChI=1S/C38H55N5O13/c1-38(2,3)56-37(49)43-55-24-23-52-22-21-51-20-19-39-33(45)31(25-32(44)50-4)41-34(46)30(42-36(48)54-27-29-15-9-6-10-16-29)17-11-12-18-40-35(47)53-26-28-13-7-5-8-14-28/h5-10,13-16,30-31H,11-12,17-27H2,1-4H3,(H,39,45)(H,40,47)(H,41,46)(H,42,48)(H,43,49)/t30-,31-/m0/s1. The summed E-state index contributed by atoms with van der Waals surface area (Å²) in [7, 11) is 1.15. The van der Waals surface area contributed by atoms with E-state index in [1.165, 1.54) is 0 Å². The summed E-state index contributed by atoms with van der Waals surface area (Å²) in [5, 5.41) is 10.3. The van der Waals surface area contributed by atoms with Crippen LogP contribution in [0.1, 0.15) is 57.6 Å². The van der Waals surface area contributed by atoms with Gasteiger partial charge in [-0.1, -0.05) is 60.7 Å². The highest BCUT2D eigenvalue weighted by atomic mass is 16.7. The van der Waals surface area contributed by atoms with E-state index in [9.17, 15) is 28.8 Å². The van der Waals surface area contributed by atoms with E-state index in [0.29, 0.717) is 12.8 Å². The molecular weight excluding hydrogens is 734 g/mol. The zero-order valence-electron chi connectivity index (χ0n) is 32.4. The summed E-state index contributed by atoms with van der Waals surface area (Å²) in [4.78, 5) is 80.1. The Morgan fingerprint density at radius 2 is 1.21 bits per heavy atom. The molecule has 0 aliphatic carbocycles. The molecule has 0 heterocycles. The number of esters is 1. The van der Waals surface area contributed by atoms with Gasteiger partial charge in [-0.3, -0.25) is 19.2 Å². The number of rotatable bonds is 25. The number of nitrogens with one attached hydrogen (secondary N) is 5. The lowest BCUT2D eigenvalue weighted by molar-refractivity contribution is -0.143. The van der Waals surface area contributed by atoms with Gasteiger partial charge < -0.3 is 49.7 Å². The van der Waals surface area contributed by atoms with Crippen molar-refractivity contribution in [3.63, 3.8) is 0 Å². The monoisotopic (exact) mass is 789 g/mol. The number of hydroxylamine groups is 1. The quantitative estimate of drug-likeness (QED) is 0.0423. The van der Waals surface area contributed by atoms with E-state index in [2.05, 4.69) is 26.7 Å². The topological polar surface area (TPSA) is 227 Å². The lowest BCUT2D eigenvalue weighted by Gasteiger charge is -2.22. The van der Waals surface area contributed by atoms with Crippen molar-refractivity contribution in [1.82, 2.24) is 26.7 Å². The predicted octanol–water partition coefficient (Wildman–Crippen LogP) is 3.03. The number of carbonyl (C=O) groups excluding carboxylic acids is 6. The van der Waals surface area contributed by atoms with Crippen LogP contribution >= 0.6 is 0 Å². The van der Waals surface area contributed by atoms with Crippen molar-refractivity contribution in [3.8, 4) is 0 Å². The van der Waals surface area contributed by atoms with Crippen molar-refractivity contribution in [2.45, 2.75) is 77.4 Å². The van der Waals surface area contributed by atoms with E-state index in [1.807, 2.05) is 36.4 Å².